The fraction of sp³-hybridized carbons (Fsp3) is 0.0500. The van der Waals surface area contributed by atoms with Gasteiger partial charge in [-0.3, -0.25) is 14.6 Å². The number of hydrogen-bond acceptors (Lipinski definition) is 4. The molecular formula is C20H17FN2O5S. The van der Waals surface area contributed by atoms with E-state index in [0.717, 1.165) is 12.1 Å². The Hall–Kier alpha value is -3.27. The van der Waals surface area contributed by atoms with Gasteiger partial charge in [0, 0.05) is 0 Å². The summed E-state index contributed by atoms with van der Waals surface area (Å²) in [4.78, 5) is 12.2. The molecule has 1 unspecified atom stereocenters. The van der Waals surface area contributed by atoms with Crippen molar-refractivity contribution in [2.24, 2.45) is 0 Å². The molecule has 0 radical (unpaired) electrons. The van der Waals surface area contributed by atoms with Crippen LogP contribution in [-0.2, 0) is 15.1 Å². The monoisotopic (exact) mass is 416 g/mol. The summed E-state index contributed by atoms with van der Waals surface area (Å²) in [6.45, 7) is 0. The zero-order chi connectivity index (χ0) is 21.0. The number of amides is 1. The topological polar surface area (TPSA) is 107 Å². The van der Waals surface area contributed by atoms with Crippen molar-refractivity contribution in [3.63, 3.8) is 0 Å². The molecule has 0 aliphatic heterocycles. The number of benzene rings is 3. The molecule has 0 spiro atoms. The minimum Gasteiger partial charge on any atom is -0.289 e. The van der Waals surface area contributed by atoms with E-state index in [1.54, 1.807) is 35.8 Å². The number of nitrogens with zero attached hydrogens (tertiary/aromatic N) is 1. The molecule has 0 aromatic heterocycles. The summed E-state index contributed by atoms with van der Waals surface area (Å²) >= 11 is 0. The first-order valence-corrected chi connectivity index (χ1v) is 9.83. The van der Waals surface area contributed by atoms with Crippen LogP contribution < -0.4 is 9.79 Å². The minimum absolute atomic E-state index is 0.0399. The Labute approximate surface area is 166 Å². The number of halogens is 1. The molecule has 0 fully saturated rings. The van der Waals surface area contributed by atoms with Crippen LogP contribution in [0.2, 0.25) is 0 Å². The number of nitrogens with one attached hydrogen (secondary N) is 1. The first kappa shape index (κ1) is 20.5. The van der Waals surface area contributed by atoms with Crippen molar-refractivity contribution < 1.29 is 27.4 Å². The van der Waals surface area contributed by atoms with Crippen LogP contribution in [0.15, 0.2) is 78.9 Å². The maximum atomic E-state index is 13.5. The van der Waals surface area contributed by atoms with Gasteiger partial charge >= 0.3 is 10.3 Å². The molecule has 3 rings (SSSR count). The third-order valence-electron chi connectivity index (χ3n) is 4.24. The molecule has 0 saturated heterocycles. The van der Waals surface area contributed by atoms with Crippen molar-refractivity contribution in [1.29, 1.82) is 0 Å². The second-order valence-electron chi connectivity index (χ2n) is 6.13. The number of hydroxylamine groups is 1. The highest BCUT2D eigenvalue weighted by molar-refractivity contribution is 7.87. The molecule has 150 valence electrons. The van der Waals surface area contributed by atoms with Gasteiger partial charge in [-0.05, 0) is 41.5 Å². The van der Waals surface area contributed by atoms with Gasteiger partial charge in [0.2, 0.25) is 0 Å². The highest BCUT2D eigenvalue weighted by Gasteiger charge is 2.25. The van der Waals surface area contributed by atoms with Gasteiger partial charge in [-0.2, -0.15) is 8.42 Å². The molecule has 3 aromatic rings. The van der Waals surface area contributed by atoms with Crippen LogP contribution in [0.25, 0.3) is 0 Å². The number of anilines is 2. The summed E-state index contributed by atoms with van der Waals surface area (Å²) in [7, 11) is -4.75. The lowest BCUT2D eigenvalue weighted by Crippen LogP contribution is -2.27. The SMILES string of the molecule is O=C(NO)C(c1ccccc1)c1ccc(N(c2cccc(F)c2)S(=O)(=O)O)cc1. The van der Waals surface area contributed by atoms with Crippen molar-refractivity contribution in [2.45, 2.75) is 5.92 Å². The van der Waals surface area contributed by atoms with Crippen LogP contribution in [0.5, 0.6) is 0 Å². The molecule has 0 aliphatic carbocycles. The smallest absolute Gasteiger partial charge is 0.289 e. The average molecular weight is 416 g/mol. The van der Waals surface area contributed by atoms with Crippen LogP contribution in [-0.4, -0.2) is 24.1 Å². The third kappa shape index (κ3) is 4.60. The highest BCUT2D eigenvalue weighted by atomic mass is 32.2. The van der Waals surface area contributed by atoms with E-state index in [0.29, 0.717) is 15.4 Å². The van der Waals surface area contributed by atoms with E-state index in [2.05, 4.69) is 0 Å². The van der Waals surface area contributed by atoms with E-state index >= 15 is 0 Å². The summed E-state index contributed by atoms with van der Waals surface area (Å²) < 4.78 is 47.6. The second-order valence-corrected chi connectivity index (χ2v) is 7.39. The Morgan fingerprint density at radius 2 is 1.52 bits per heavy atom. The summed E-state index contributed by atoms with van der Waals surface area (Å²) in [5.41, 5.74) is 2.67. The van der Waals surface area contributed by atoms with Crippen molar-refractivity contribution in [3.8, 4) is 0 Å². The molecule has 3 N–H and O–H groups in total. The Morgan fingerprint density at radius 3 is 2.07 bits per heavy atom. The fourth-order valence-electron chi connectivity index (χ4n) is 3.03. The van der Waals surface area contributed by atoms with E-state index in [4.69, 9.17) is 5.21 Å². The highest BCUT2D eigenvalue weighted by Crippen LogP contribution is 2.31. The molecule has 1 amide bonds. The predicted molar refractivity (Wildman–Crippen MR) is 105 cm³/mol. The van der Waals surface area contributed by atoms with Gasteiger partial charge in [-0.25, -0.2) is 14.2 Å². The number of rotatable bonds is 6. The maximum absolute atomic E-state index is 13.5. The predicted octanol–water partition coefficient (Wildman–Crippen LogP) is 3.40. The summed E-state index contributed by atoms with van der Waals surface area (Å²) in [6.07, 6.45) is 0. The van der Waals surface area contributed by atoms with Gasteiger partial charge in [-0.15, -0.1) is 0 Å². The third-order valence-corrected chi connectivity index (χ3v) is 5.12. The molecule has 9 heteroatoms. The molecule has 29 heavy (non-hydrogen) atoms. The van der Waals surface area contributed by atoms with Crippen LogP contribution in [0, 0.1) is 5.82 Å². The maximum Gasteiger partial charge on any atom is 0.364 e. The Balaban J connectivity index is 2.04. The number of carbonyl (C=O) groups is 1. The van der Waals surface area contributed by atoms with Gasteiger partial charge in [-0.1, -0.05) is 48.5 Å². The van der Waals surface area contributed by atoms with Gasteiger partial charge in [0.15, 0.2) is 0 Å². The van der Waals surface area contributed by atoms with Crippen molar-refractivity contribution >= 4 is 27.6 Å². The average Bonchev–Trinajstić information content (AvgIpc) is 2.69. The molecule has 7 nitrogen and oxygen atoms in total. The quantitative estimate of drug-likeness (QED) is 0.324. The molecule has 0 heterocycles. The first-order valence-electron chi connectivity index (χ1n) is 8.43. The molecule has 0 bridgehead atoms. The van der Waals surface area contributed by atoms with Crippen LogP contribution in [0.1, 0.15) is 17.0 Å². The standard InChI is InChI=1S/C20H17FN2O5S/c21-16-7-4-8-18(13-16)23(29(26,27)28)17-11-9-15(10-12-17)19(20(24)22-25)14-5-2-1-3-6-14/h1-13,19,25H,(H,22,24)(H,26,27,28). The Morgan fingerprint density at radius 1 is 0.897 bits per heavy atom. The summed E-state index contributed by atoms with van der Waals surface area (Å²) in [5, 5.41) is 9.10. The zero-order valence-corrected chi connectivity index (χ0v) is 15.8. The zero-order valence-electron chi connectivity index (χ0n) is 14.9. The normalized spacial score (nSPS) is 12.2. The number of hydrogen-bond donors (Lipinski definition) is 3. The van der Waals surface area contributed by atoms with Crippen LogP contribution in [0.4, 0.5) is 15.8 Å². The second kappa shape index (κ2) is 8.39. The van der Waals surface area contributed by atoms with Gasteiger partial charge in [0.05, 0.1) is 17.3 Å². The fourth-order valence-corrected chi connectivity index (χ4v) is 3.79. The first-order chi connectivity index (χ1) is 13.8. The Bertz CT molecular complexity index is 1110. The Kier molecular flexibility index (Phi) is 5.92. The molecular weight excluding hydrogens is 399 g/mol. The van der Waals surface area contributed by atoms with Gasteiger partial charge in [0.1, 0.15) is 5.82 Å². The molecule has 3 aromatic carbocycles. The van der Waals surface area contributed by atoms with Crippen LogP contribution >= 0.6 is 0 Å². The molecule has 0 saturated carbocycles. The van der Waals surface area contributed by atoms with Gasteiger partial charge < -0.3 is 0 Å². The van der Waals surface area contributed by atoms with Crippen molar-refractivity contribution in [2.75, 3.05) is 4.31 Å². The van der Waals surface area contributed by atoms with E-state index in [-0.39, 0.29) is 11.4 Å². The summed E-state index contributed by atoms with van der Waals surface area (Å²) in [5.74, 6) is -2.18. The largest absolute Gasteiger partial charge is 0.364 e. The summed E-state index contributed by atoms with van der Waals surface area (Å²) in [6, 6.07) is 19.2. The van der Waals surface area contributed by atoms with E-state index in [1.807, 2.05) is 0 Å². The number of carbonyl (C=O) groups excluding carboxylic acids is 1. The lowest BCUT2D eigenvalue weighted by atomic mass is 9.90. The van der Waals surface area contributed by atoms with Crippen molar-refractivity contribution in [1.82, 2.24) is 5.48 Å². The minimum atomic E-state index is -4.75. The lowest BCUT2D eigenvalue weighted by molar-refractivity contribution is -0.129. The van der Waals surface area contributed by atoms with Crippen molar-refractivity contribution in [3.05, 3.63) is 95.8 Å². The van der Waals surface area contributed by atoms with Gasteiger partial charge in [0.25, 0.3) is 5.91 Å². The van der Waals surface area contributed by atoms with Crippen LogP contribution in [0.3, 0.4) is 0 Å². The molecule has 1 atom stereocenters. The van der Waals surface area contributed by atoms with E-state index in [1.165, 1.54) is 36.4 Å². The lowest BCUT2D eigenvalue weighted by Gasteiger charge is -2.22. The van der Waals surface area contributed by atoms with E-state index < -0.39 is 27.9 Å². The van der Waals surface area contributed by atoms with E-state index in [9.17, 15) is 22.2 Å². The molecule has 0 aliphatic rings.